The average molecular weight is 417 g/mol. The number of aliphatic hydroxyl groups is 1. The summed E-state index contributed by atoms with van der Waals surface area (Å²) < 4.78 is 11.2. The zero-order valence-electron chi connectivity index (χ0n) is 18.1. The van der Waals surface area contributed by atoms with E-state index in [9.17, 15) is 19.5 Å². The predicted octanol–water partition coefficient (Wildman–Crippen LogP) is 2.96. The molecule has 1 N–H and O–H groups in total. The number of fused-ring (bicyclic) bond motifs is 6. The van der Waals surface area contributed by atoms with Crippen LogP contribution in [0.25, 0.3) is 0 Å². The molecule has 0 amide bonds. The number of carbonyl (C=O) groups is 3. The molecule has 5 aliphatic rings. The van der Waals surface area contributed by atoms with Gasteiger partial charge >= 0.3 is 11.9 Å². The first-order chi connectivity index (χ1) is 14.1. The highest BCUT2D eigenvalue weighted by Gasteiger charge is 2.71. The summed E-state index contributed by atoms with van der Waals surface area (Å²) in [6.07, 6.45) is 6.21. The summed E-state index contributed by atoms with van der Waals surface area (Å²) in [4.78, 5) is 37.2. The number of allylic oxidation sites excluding steroid dienone is 1. The van der Waals surface area contributed by atoms with Crippen LogP contribution in [-0.4, -0.2) is 41.6 Å². The van der Waals surface area contributed by atoms with E-state index < -0.39 is 11.7 Å². The number of ketones is 1. The highest BCUT2D eigenvalue weighted by Crippen LogP contribution is 2.70. The normalized spacial score (nSPS) is 49.7. The van der Waals surface area contributed by atoms with Gasteiger partial charge < -0.3 is 14.6 Å². The molecule has 0 aromatic carbocycles. The van der Waals surface area contributed by atoms with Crippen LogP contribution in [0.2, 0.25) is 0 Å². The van der Waals surface area contributed by atoms with Gasteiger partial charge in [0.05, 0.1) is 19.1 Å². The van der Waals surface area contributed by atoms with Gasteiger partial charge in [0.15, 0.2) is 5.78 Å². The molecule has 0 aromatic rings. The summed E-state index contributed by atoms with van der Waals surface area (Å²) >= 11 is 0. The number of hydrogen-bond donors (Lipinski definition) is 1. The van der Waals surface area contributed by atoms with E-state index >= 15 is 0 Å². The van der Waals surface area contributed by atoms with Gasteiger partial charge in [0, 0.05) is 18.3 Å². The Morgan fingerprint density at radius 3 is 2.63 bits per heavy atom. The molecule has 30 heavy (non-hydrogen) atoms. The predicted molar refractivity (Wildman–Crippen MR) is 107 cm³/mol. The average Bonchev–Trinajstić information content (AvgIpc) is 3.21. The van der Waals surface area contributed by atoms with Crippen molar-refractivity contribution < 1.29 is 29.0 Å². The number of carbonyl (C=O) groups excluding carboxylic acids is 3. The van der Waals surface area contributed by atoms with E-state index in [2.05, 4.69) is 13.8 Å². The van der Waals surface area contributed by atoms with Gasteiger partial charge in [-0.1, -0.05) is 19.4 Å². The zero-order valence-corrected chi connectivity index (χ0v) is 18.1. The van der Waals surface area contributed by atoms with E-state index in [1.165, 1.54) is 7.11 Å². The number of ether oxygens (including phenoxy) is 2. The van der Waals surface area contributed by atoms with Crippen molar-refractivity contribution in [2.24, 2.45) is 34.5 Å². The fraction of sp³-hybridized carbons (Fsp3) is 0.792. The molecule has 1 heterocycles. The Morgan fingerprint density at radius 2 is 1.97 bits per heavy atom. The second-order valence-electron chi connectivity index (χ2n) is 10.8. The molecule has 164 valence electrons. The molecular weight excluding hydrogens is 384 g/mol. The Morgan fingerprint density at radius 1 is 1.20 bits per heavy atom. The lowest BCUT2D eigenvalue weighted by Crippen LogP contribution is -2.62. The summed E-state index contributed by atoms with van der Waals surface area (Å²) in [5.41, 5.74) is -0.168. The lowest BCUT2D eigenvalue weighted by atomic mass is 9.43. The van der Waals surface area contributed by atoms with Gasteiger partial charge in [-0.3, -0.25) is 14.4 Å². The van der Waals surface area contributed by atoms with Crippen molar-refractivity contribution in [3.05, 3.63) is 11.6 Å². The smallest absolute Gasteiger partial charge is 0.309 e. The largest absolute Gasteiger partial charge is 0.469 e. The third-order valence-corrected chi connectivity index (χ3v) is 9.79. The second-order valence-corrected chi connectivity index (χ2v) is 10.8. The summed E-state index contributed by atoms with van der Waals surface area (Å²) in [6, 6.07) is 0. The van der Waals surface area contributed by atoms with Crippen molar-refractivity contribution in [3.63, 3.8) is 0 Å². The molecule has 1 spiro atoms. The van der Waals surface area contributed by atoms with E-state index in [0.717, 1.165) is 18.4 Å². The van der Waals surface area contributed by atoms with Crippen LogP contribution in [0.3, 0.4) is 0 Å². The maximum absolute atomic E-state index is 12.9. The molecule has 1 saturated heterocycles. The molecule has 4 aliphatic carbocycles. The van der Waals surface area contributed by atoms with Crippen LogP contribution in [0.4, 0.5) is 0 Å². The minimum atomic E-state index is -0.611. The highest BCUT2D eigenvalue weighted by atomic mass is 16.6. The molecule has 2 unspecified atom stereocenters. The molecule has 0 bridgehead atoms. The minimum absolute atomic E-state index is 0.0415. The van der Waals surface area contributed by atoms with Crippen molar-refractivity contribution in [2.45, 2.75) is 76.9 Å². The summed E-state index contributed by atoms with van der Waals surface area (Å²) in [7, 11) is 1.42. The first-order valence-electron chi connectivity index (χ1n) is 11.4. The third kappa shape index (κ3) is 2.43. The lowest BCUT2D eigenvalue weighted by Gasteiger charge is -2.62. The fourth-order valence-corrected chi connectivity index (χ4v) is 8.35. The molecule has 1 aliphatic heterocycles. The van der Waals surface area contributed by atoms with Gasteiger partial charge in [-0.2, -0.15) is 0 Å². The number of rotatable bonds is 1. The first kappa shape index (κ1) is 20.2. The summed E-state index contributed by atoms with van der Waals surface area (Å²) in [6.45, 7) is 4.33. The monoisotopic (exact) mass is 416 g/mol. The number of hydrogen-bond acceptors (Lipinski definition) is 6. The van der Waals surface area contributed by atoms with E-state index in [0.29, 0.717) is 38.5 Å². The van der Waals surface area contributed by atoms with Crippen LogP contribution in [-0.2, 0) is 23.9 Å². The first-order valence-corrected chi connectivity index (χ1v) is 11.4. The second kappa shape index (κ2) is 6.41. The van der Waals surface area contributed by atoms with Crippen molar-refractivity contribution in [1.29, 1.82) is 0 Å². The molecule has 0 radical (unpaired) electrons. The van der Waals surface area contributed by atoms with Crippen LogP contribution >= 0.6 is 0 Å². The van der Waals surface area contributed by atoms with Gasteiger partial charge in [0.1, 0.15) is 5.60 Å². The molecule has 4 fully saturated rings. The van der Waals surface area contributed by atoms with Gasteiger partial charge in [0.2, 0.25) is 0 Å². The molecule has 6 heteroatoms. The van der Waals surface area contributed by atoms with Gasteiger partial charge in [-0.05, 0) is 67.8 Å². The van der Waals surface area contributed by atoms with Gasteiger partial charge in [-0.15, -0.1) is 0 Å². The van der Waals surface area contributed by atoms with E-state index in [1.54, 1.807) is 6.08 Å². The number of methoxy groups -OCH3 is 1. The Bertz CT molecular complexity index is 847. The van der Waals surface area contributed by atoms with E-state index in [1.807, 2.05) is 0 Å². The maximum atomic E-state index is 12.9. The van der Waals surface area contributed by atoms with Crippen molar-refractivity contribution in [3.8, 4) is 0 Å². The number of aliphatic hydroxyl groups excluding tert-OH is 1. The Labute approximate surface area is 177 Å². The molecule has 6 nitrogen and oxygen atoms in total. The van der Waals surface area contributed by atoms with E-state index in [4.69, 9.17) is 9.47 Å². The molecule has 3 saturated carbocycles. The van der Waals surface area contributed by atoms with Crippen LogP contribution in [0.15, 0.2) is 11.6 Å². The topological polar surface area (TPSA) is 89.9 Å². The molecule has 0 aromatic heterocycles. The molecular formula is C24H32O6. The van der Waals surface area contributed by atoms with Crippen LogP contribution < -0.4 is 0 Å². The van der Waals surface area contributed by atoms with Crippen molar-refractivity contribution in [1.82, 2.24) is 0 Å². The SMILES string of the molecule is COC(=O)[C@@H]1CC2=CC(=O)CC[C@]2(C)C2[C@@H]1[C@@H]1CCC3(CCC(=O)O3)[C@@]1(C)C[C@H]2O. The number of esters is 2. The molecule has 8 atom stereocenters. The van der Waals surface area contributed by atoms with Gasteiger partial charge in [0.25, 0.3) is 0 Å². The fourth-order valence-electron chi connectivity index (χ4n) is 8.35. The standard InChI is InChI=1S/C24H32O6/c1-22-7-4-14(25)10-13(22)11-15(21(28)29-3)19-16-5-8-24(9-6-18(27)30-24)23(16,2)12-17(26)20(19)22/h10,15-17,19-20,26H,4-9,11-12H2,1-3H3/t15-,16+,17-,19+,20?,22+,23+,24?/m1/s1. The zero-order chi connectivity index (χ0) is 21.5. The summed E-state index contributed by atoms with van der Waals surface area (Å²) in [5, 5.41) is 11.6. The third-order valence-electron chi connectivity index (χ3n) is 9.79. The Balaban J connectivity index is 1.62. The lowest BCUT2D eigenvalue weighted by molar-refractivity contribution is -0.197. The van der Waals surface area contributed by atoms with Crippen molar-refractivity contribution in [2.75, 3.05) is 7.11 Å². The van der Waals surface area contributed by atoms with Gasteiger partial charge in [-0.25, -0.2) is 0 Å². The maximum Gasteiger partial charge on any atom is 0.309 e. The molecule has 5 rings (SSSR count). The van der Waals surface area contributed by atoms with Crippen LogP contribution in [0.5, 0.6) is 0 Å². The quantitative estimate of drug-likeness (QED) is 0.661. The van der Waals surface area contributed by atoms with Crippen LogP contribution in [0, 0.1) is 34.5 Å². The van der Waals surface area contributed by atoms with Crippen molar-refractivity contribution >= 4 is 17.7 Å². The van der Waals surface area contributed by atoms with E-state index in [-0.39, 0.29) is 52.2 Å². The van der Waals surface area contributed by atoms with Crippen LogP contribution in [0.1, 0.15) is 65.2 Å². The Kier molecular flexibility index (Phi) is 4.32. The summed E-state index contributed by atoms with van der Waals surface area (Å²) in [5.74, 6) is -0.636. The highest BCUT2D eigenvalue weighted by molar-refractivity contribution is 5.92. The minimum Gasteiger partial charge on any atom is -0.469 e. The Hall–Kier alpha value is -1.69.